The number of aryl methyl sites for hydroxylation is 2. The first kappa shape index (κ1) is 13.9. The van der Waals surface area contributed by atoms with Crippen molar-refractivity contribution < 1.29 is 0 Å². The predicted molar refractivity (Wildman–Crippen MR) is 84.2 cm³/mol. The number of anilines is 2. The van der Waals surface area contributed by atoms with Crippen LogP contribution < -0.4 is 10.6 Å². The molecular weight excluding hydrogens is 264 g/mol. The second kappa shape index (κ2) is 5.73. The lowest BCUT2D eigenvalue weighted by Crippen LogP contribution is -2.46. The van der Waals surface area contributed by atoms with Gasteiger partial charge in [-0.3, -0.25) is 4.90 Å². The molecule has 1 aromatic carbocycles. The van der Waals surface area contributed by atoms with Crippen molar-refractivity contribution in [2.45, 2.75) is 20.4 Å². The fourth-order valence-electron chi connectivity index (χ4n) is 2.74. The largest absolute Gasteiger partial charge is 0.366 e. The topological polar surface area (TPSA) is 74.1 Å². The van der Waals surface area contributed by atoms with Gasteiger partial charge in [-0.2, -0.15) is 4.98 Å². The monoisotopic (exact) mass is 286 g/mol. The molecule has 0 spiro atoms. The number of H-pyrrole nitrogens is 1. The summed E-state index contributed by atoms with van der Waals surface area (Å²) in [6.45, 7) is 9.28. The highest BCUT2D eigenvalue weighted by Crippen LogP contribution is 2.16. The van der Waals surface area contributed by atoms with Crippen LogP contribution in [0.4, 0.5) is 11.9 Å². The van der Waals surface area contributed by atoms with Crippen molar-refractivity contribution in [1.82, 2.24) is 20.1 Å². The van der Waals surface area contributed by atoms with Gasteiger partial charge in [0.2, 0.25) is 11.9 Å². The summed E-state index contributed by atoms with van der Waals surface area (Å²) in [6.07, 6.45) is 0. The first-order chi connectivity index (χ1) is 10.1. The lowest BCUT2D eigenvalue weighted by Gasteiger charge is -2.34. The van der Waals surface area contributed by atoms with Gasteiger partial charge in [0.15, 0.2) is 0 Å². The Kier molecular flexibility index (Phi) is 3.79. The maximum absolute atomic E-state index is 5.55. The third-order valence-corrected chi connectivity index (χ3v) is 4.06. The molecule has 1 fully saturated rings. The first-order valence-corrected chi connectivity index (χ1v) is 7.33. The lowest BCUT2D eigenvalue weighted by atomic mass is 10.0. The number of piperazine rings is 1. The van der Waals surface area contributed by atoms with Crippen LogP contribution in [0.2, 0.25) is 0 Å². The summed E-state index contributed by atoms with van der Waals surface area (Å²) < 4.78 is 0. The molecule has 0 radical (unpaired) electrons. The smallest absolute Gasteiger partial charge is 0.241 e. The van der Waals surface area contributed by atoms with Crippen molar-refractivity contribution in [3.8, 4) is 0 Å². The quantitative estimate of drug-likeness (QED) is 0.890. The molecule has 21 heavy (non-hydrogen) atoms. The number of nitrogens with zero attached hydrogens (tertiary/aromatic N) is 4. The molecule has 3 N–H and O–H groups in total. The molecule has 0 aliphatic carbocycles. The van der Waals surface area contributed by atoms with E-state index in [1.54, 1.807) is 0 Å². The summed E-state index contributed by atoms with van der Waals surface area (Å²) in [5.74, 6) is 1.08. The highest BCUT2D eigenvalue weighted by Gasteiger charge is 2.19. The summed E-state index contributed by atoms with van der Waals surface area (Å²) >= 11 is 0. The Morgan fingerprint density at radius 2 is 1.95 bits per heavy atom. The molecule has 2 aromatic rings. The standard InChI is InChI=1S/C15H22N6/c1-11-3-4-12(2)13(9-11)10-20-5-7-21(8-6-20)15-17-14(16)18-19-15/h3-4,9H,5-8,10H2,1-2H3,(H3,16,17,18,19). The Hall–Kier alpha value is -2.08. The van der Waals surface area contributed by atoms with E-state index in [9.17, 15) is 0 Å². The molecule has 2 heterocycles. The van der Waals surface area contributed by atoms with E-state index >= 15 is 0 Å². The Labute approximate surface area is 125 Å². The van der Waals surface area contributed by atoms with E-state index in [-0.39, 0.29) is 0 Å². The highest BCUT2D eigenvalue weighted by molar-refractivity contribution is 5.35. The number of hydrogen-bond acceptors (Lipinski definition) is 5. The van der Waals surface area contributed by atoms with Crippen LogP contribution in [0.5, 0.6) is 0 Å². The number of benzene rings is 1. The van der Waals surface area contributed by atoms with E-state index < -0.39 is 0 Å². The molecule has 1 aliphatic rings. The Balaban J connectivity index is 1.60. The number of nitrogens with one attached hydrogen (secondary N) is 1. The zero-order valence-corrected chi connectivity index (χ0v) is 12.6. The first-order valence-electron chi connectivity index (χ1n) is 7.33. The van der Waals surface area contributed by atoms with Crippen molar-refractivity contribution in [3.63, 3.8) is 0 Å². The van der Waals surface area contributed by atoms with Gasteiger partial charge in [0.1, 0.15) is 0 Å². The van der Waals surface area contributed by atoms with Gasteiger partial charge >= 0.3 is 0 Å². The highest BCUT2D eigenvalue weighted by atomic mass is 15.4. The zero-order valence-electron chi connectivity index (χ0n) is 12.6. The van der Waals surface area contributed by atoms with E-state index in [4.69, 9.17) is 5.73 Å². The van der Waals surface area contributed by atoms with Gasteiger partial charge in [-0.25, -0.2) is 5.10 Å². The average Bonchev–Trinajstić information content (AvgIpc) is 2.90. The normalized spacial score (nSPS) is 16.4. The summed E-state index contributed by atoms with van der Waals surface area (Å²) in [5, 5.41) is 6.76. The second-order valence-electron chi connectivity index (χ2n) is 5.71. The number of nitrogen functional groups attached to an aromatic ring is 1. The van der Waals surface area contributed by atoms with Crippen LogP contribution >= 0.6 is 0 Å². The minimum absolute atomic E-state index is 0.308. The van der Waals surface area contributed by atoms with Crippen molar-refractivity contribution in [3.05, 3.63) is 34.9 Å². The molecule has 1 aliphatic heterocycles. The summed E-state index contributed by atoms with van der Waals surface area (Å²) in [4.78, 5) is 8.87. The van der Waals surface area contributed by atoms with Crippen LogP contribution in [0.1, 0.15) is 16.7 Å². The van der Waals surface area contributed by atoms with Gasteiger partial charge in [0.25, 0.3) is 0 Å². The fraction of sp³-hybridized carbons (Fsp3) is 0.467. The van der Waals surface area contributed by atoms with E-state index in [2.05, 4.69) is 57.0 Å². The summed E-state index contributed by atoms with van der Waals surface area (Å²) in [5.41, 5.74) is 9.67. The maximum Gasteiger partial charge on any atom is 0.241 e. The second-order valence-corrected chi connectivity index (χ2v) is 5.71. The minimum Gasteiger partial charge on any atom is -0.366 e. The summed E-state index contributed by atoms with van der Waals surface area (Å²) in [6, 6.07) is 6.67. The van der Waals surface area contributed by atoms with E-state index in [1.807, 2.05) is 0 Å². The van der Waals surface area contributed by atoms with Crippen molar-refractivity contribution in [1.29, 1.82) is 0 Å². The van der Waals surface area contributed by atoms with E-state index in [1.165, 1.54) is 16.7 Å². The molecule has 1 aromatic heterocycles. The summed E-state index contributed by atoms with van der Waals surface area (Å²) in [7, 11) is 0. The van der Waals surface area contributed by atoms with Gasteiger partial charge in [-0.15, -0.1) is 5.10 Å². The third kappa shape index (κ3) is 3.16. The molecule has 1 saturated heterocycles. The van der Waals surface area contributed by atoms with Crippen molar-refractivity contribution >= 4 is 11.9 Å². The van der Waals surface area contributed by atoms with Gasteiger partial charge < -0.3 is 10.6 Å². The molecule has 3 rings (SSSR count). The molecule has 0 saturated carbocycles. The van der Waals surface area contributed by atoms with Gasteiger partial charge in [0, 0.05) is 32.7 Å². The Bertz CT molecular complexity index is 612. The zero-order chi connectivity index (χ0) is 14.8. The number of nitrogens with two attached hydrogens (primary N) is 1. The molecule has 0 amide bonds. The van der Waals surface area contributed by atoms with Crippen molar-refractivity contribution in [2.24, 2.45) is 0 Å². The molecule has 112 valence electrons. The number of aromatic nitrogens is 3. The van der Waals surface area contributed by atoms with Crippen LogP contribution in [-0.4, -0.2) is 46.3 Å². The van der Waals surface area contributed by atoms with Crippen molar-refractivity contribution in [2.75, 3.05) is 36.8 Å². The third-order valence-electron chi connectivity index (χ3n) is 4.06. The van der Waals surface area contributed by atoms with Gasteiger partial charge in [-0.1, -0.05) is 23.8 Å². The number of rotatable bonds is 3. The van der Waals surface area contributed by atoms with Crippen LogP contribution in [0.15, 0.2) is 18.2 Å². The predicted octanol–water partition coefficient (Wildman–Crippen LogP) is 1.33. The fourth-order valence-corrected chi connectivity index (χ4v) is 2.74. The van der Waals surface area contributed by atoms with Crippen LogP contribution in [-0.2, 0) is 6.54 Å². The SMILES string of the molecule is Cc1ccc(C)c(CN2CCN(c3nc(N)n[nH]3)CC2)c1. The number of hydrogen-bond donors (Lipinski definition) is 2. The molecule has 0 bridgehead atoms. The lowest BCUT2D eigenvalue weighted by molar-refractivity contribution is 0.248. The Morgan fingerprint density at radius 1 is 1.19 bits per heavy atom. The number of aromatic amines is 1. The van der Waals surface area contributed by atoms with Crippen LogP contribution in [0, 0.1) is 13.8 Å². The molecular formula is C15H22N6. The Morgan fingerprint density at radius 3 is 2.62 bits per heavy atom. The maximum atomic E-state index is 5.55. The van der Waals surface area contributed by atoms with E-state index in [0.717, 1.165) is 38.7 Å². The van der Waals surface area contributed by atoms with Gasteiger partial charge in [-0.05, 0) is 25.0 Å². The van der Waals surface area contributed by atoms with E-state index in [0.29, 0.717) is 5.95 Å². The average molecular weight is 286 g/mol. The molecule has 6 nitrogen and oxygen atoms in total. The molecule has 0 unspecified atom stereocenters. The van der Waals surface area contributed by atoms with Gasteiger partial charge in [0.05, 0.1) is 0 Å². The van der Waals surface area contributed by atoms with Crippen LogP contribution in [0.25, 0.3) is 0 Å². The van der Waals surface area contributed by atoms with Crippen LogP contribution in [0.3, 0.4) is 0 Å². The minimum atomic E-state index is 0.308. The molecule has 0 atom stereocenters. The molecule has 6 heteroatoms.